The summed E-state index contributed by atoms with van der Waals surface area (Å²) in [6.07, 6.45) is 0.735. The van der Waals surface area contributed by atoms with E-state index in [4.69, 9.17) is 10.5 Å². The topological polar surface area (TPSA) is 58.8 Å². The second-order valence-corrected chi connectivity index (χ2v) is 6.06. The molecule has 1 aliphatic heterocycles. The Balaban J connectivity index is 0.00000264. The molecule has 0 bridgehead atoms. The summed E-state index contributed by atoms with van der Waals surface area (Å²) in [6, 6.07) is 7.53. The van der Waals surface area contributed by atoms with Gasteiger partial charge in [0.05, 0.1) is 19.1 Å². The van der Waals surface area contributed by atoms with Crippen LogP contribution in [0.2, 0.25) is 0 Å². The zero-order chi connectivity index (χ0) is 15.9. The molecule has 0 radical (unpaired) electrons. The molecule has 0 unspecified atom stereocenters. The lowest BCUT2D eigenvalue weighted by Crippen LogP contribution is -2.49. The first kappa shape index (κ1) is 23.0. The summed E-state index contributed by atoms with van der Waals surface area (Å²) in [5.74, 6) is 0.197. The summed E-state index contributed by atoms with van der Waals surface area (Å²) in [6.45, 7) is 9.26. The molecule has 1 aromatic carbocycles. The minimum Gasteiger partial charge on any atom is -0.399 e. The van der Waals surface area contributed by atoms with Gasteiger partial charge in [-0.2, -0.15) is 0 Å². The number of anilines is 1. The van der Waals surface area contributed by atoms with Gasteiger partial charge in [-0.15, -0.1) is 24.8 Å². The SMILES string of the molecule is CC(C)OCCN1CCN(C(=O)Cc2ccc(N)cc2)CC1.Cl.Cl. The Bertz CT molecular complexity index is 475. The molecule has 2 N–H and O–H groups in total. The van der Waals surface area contributed by atoms with Gasteiger partial charge >= 0.3 is 0 Å². The molecule has 0 spiro atoms. The fourth-order valence-corrected chi connectivity index (χ4v) is 2.56. The van der Waals surface area contributed by atoms with Crippen LogP contribution in [0, 0.1) is 0 Å². The molecule has 0 aliphatic carbocycles. The highest BCUT2D eigenvalue weighted by atomic mass is 35.5. The van der Waals surface area contributed by atoms with Crippen LogP contribution in [0.1, 0.15) is 19.4 Å². The van der Waals surface area contributed by atoms with Gasteiger partial charge in [0.1, 0.15) is 0 Å². The average Bonchev–Trinajstić information content (AvgIpc) is 2.50. The molecule has 1 amide bonds. The number of rotatable bonds is 6. The van der Waals surface area contributed by atoms with Gasteiger partial charge in [-0.1, -0.05) is 12.1 Å². The molecule has 7 heteroatoms. The lowest BCUT2D eigenvalue weighted by atomic mass is 10.1. The molecule has 0 aromatic heterocycles. The van der Waals surface area contributed by atoms with Gasteiger partial charge < -0.3 is 15.4 Å². The van der Waals surface area contributed by atoms with Crippen LogP contribution in [0.4, 0.5) is 5.69 Å². The third kappa shape index (κ3) is 7.71. The first-order chi connectivity index (χ1) is 10.5. The Morgan fingerprint density at radius 1 is 1.12 bits per heavy atom. The summed E-state index contributed by atoms with van der Waals surface area (Å²) < 4.78 is 5.58. The number of nitrogens with zero attached hydrogens (tertiary/aromatic N) is 2. The third-order valence-corrected chi connectivity index (χ3v) is 3.92. The number of amides is 1. The fraction of sp³-hybridized carbons (Fsp3) is 0.588. The zero-order valence-corrected chi connectivity index (χ0v) is 16.1. The molecule has 0 saturated carbocycles. The monoisotopic (exact) mass is 377 g/mol. The van der Waals surface area contributed by atoms with Crippen molar-refractivity contribution in [3.63, 3.8) is 0 Å². The molecule has 138 valence electrons. The van der Waals surface area contributed by atoms with Gasteiger partial charge in [0.15, 0.2) is 0 Å². The summed E-state index contributed by atoms with van der Waals surface area (Å²) in [5, 5.41) is 0. The first-order valence-corrected chi connectivity index (χ1v) is 8.01. The Hall–Kier alpha value is -1.01. The van der Waals surface area contributed by atoms with E-state index in [0.717, 1.165) is 50.6 Å². The van der Waals surface area contributed by atoms with Crippen LogP contribution in [0.15, 0.2) is 24.3 Å². The number of hydrogen-bond donors (Lipinski definition) is 1. The van der Waals surface area contributed by atoms with Crippen molar-refractivity contribution in [2.75, 3.05) is 45.1 Å². The van der Waals surface area contributed by atoms with Gasteiger partial charge in [0.2, 0.25) is 5.91 Å². The second-order valence-electron chi connectivity index (χ2n) is 6.06. The predicted octanol–water partition coefficient (Wildman–Crippen LogP) is 2.22. The van der Waals surface area contributed by atoms with Crippen molar-refractivity contribution >= 4 is 36.4 Å². The number of hydrogen-bond acceptors (Lipinski definition) is 4. The van der Waals surface area contributed by atoms with Crippen LogP contribution in [-0.2, 0) is 16.0 Å². The largest absolute Gasteiger partial charge is 0.399 e. The number of ether oxygens (including phenoxy) is 1. The zero-order valence-electron chi connectivity index (χ0n) is 14.4. The van der Waals surface area contributed by atoms with Crippen molar-refractivity contribution in [1.29, 1.82) is 0 Å². The summed E-state index contributed by atoms with van der Waals surface area (Å²) in [4.78, 5) is 16.6. The molecule has 1 aromatic rings. The van der Waals surface area contributed by atoms with Crippen LogP contribution in [-0.4, -0.2) is 61.1 Å². The Morgan fingerprint density at radius 2 is 1.71 bits per heavy atom. The summed E-state index contributed by atoms with van der Waals surface area (Å²) in [7, 11) is 0. The normalized spacial score (nSPS) is 14.9. The third-order valence-electron chi connectivity index (χ3n) is 3.92. The van der Waals surface area contributed by atoms with Crippen molar-refractivity contribution in [1.82, 2.24) is 9.80 Å². The minimum absolute atomic E-state index is 0. The number of carbonyl (C=O) groups is 1. The maximum Gasteiger partial charge on any atom is 0.227 e. The molecule has 1 fully saturated rings. The van der Waals surface area contributed by atoms with E-state index in [1.807, 2.05) is 43.0 Å². The Kier molecular flexibility index (Phi) is 11.0. The number of benzene rings is 1. The molecule has 24 heavy (non-hydrogen) atoms. The standard InChI is InChI=1S/C17H27N3O2.2ClH/c1-14(2)22-12-11-19-7-9-20(10-8-19)17(21)13-15-3-5-16(18)6-4-15;;/h3-6,14H,7-13,18H2,1-2H3;2*1H. The van der Waals surface area contributed by atoms with E-state index in [1.165, 1.54) is 0 Å². The van der Waals surface area contributed by atoms with Crippen molar-refractivity contribution in [2.24, 2.45) is 0 Å². The molecule has 5 nitrogen and oxygen atoms in total. The van der Waals surface area contributed by atoms with E-state index >= 15 is 0 Å². The molecule has 2 rings (SSSR count). The number of piperazine rings is 1. The quantitative estimate of drug-likeness (QED) is 0.772. The molecule has 0 atom stereocenters. The molecule has 1 heterocycles. The van der Waals surface area contributed by atoms with Crippen LogP contribution in [0.3, 0.4) is 0 Å². The van der Waals surface area contributed by atoms with Gasteiger partial charge in [0.25, 0.3) is 0 Å². The maximum absolute atomic E-state index is 12.3. The smallest absolute Gasteiger partial charge is 0.227 e. The van der Waals surface area contributed by atoms with E-state index in [9.17, 15) is 4.79 Å². The highest BCUT2D eigenvalue weighted by molar-refractivity contribution is 5.85. The predicted molar refractivity (Wildman–Crippen MR) is 103 cm³/mol. The number of nitrogens with two attached hydrogens (primary N) is 1. The maximum atomic E-state index is 12.3. The Labute approximate surface area is 157 Å². The van der Waals surface area contributed by atoms with E-state index in [1.54, 1.807) is 0 Å². The second kappa shape index (κ2) is 11.5. The summed E-state index contributed by atoms with van der Waals surface area (Å²) >= 11 is 0. The molecule has 1 saturated heterocycles. The van der Waals surface area contributed by atoms with Gasteiger partial charge in [0, 0.05) is 38.4 Å². The van der Waals surface area contributed by atoms with E-state index in [-0.39, 0.29) is 36.8 Å². The first-order valence-electron chi connectivity index (χ1n) is 8.01. The van der Waals surface area contributed by atoms with E-state index < -0.39 is 0 Å². The molecular weight excluding hydrogens is 349 g/mol. The van der Waals surface area contributed by atoms with Crippen molar-refractivity contribution < 1.29 is 9.53 Å². The Morgan fingerprint density at radius 3 is 2.25 bits per heavy atom. The van der Waals surface area contributed by atoms with Gasteiger partial charge in [-0.25, -0.2) is 0 Å². The van der Waals surface area contributed by atoms with Crippen molar-refractivity contribution in [3.05, 3.63) is 29.8 Å². The highest BCUT2D eigenvalue weighted by Gasteiger charge is 2.20. The van der Waals surface area contributed by atoms with E-state index in [0.29, 0.717) is 6.42 Å². The highest BCUT2D eigenvalue weighted by Crippen LogP contribution is 2.09. The molecule has 1 aliphatic rings. The van der Waals surface area contributed by atoms with Crippen molar-refractivity contribution in [2.45, 2.75) is 26.4 Å². The van der Waals surface area contributed by atoms with E-state index in [2.05, 4.69) is 4.90 Å². The summed E-state index contributed by atoms with van der Waals surface area (Å²) in [5.41, 5.74) is 7.41. The van der Waals surface area contributed by atoms with Crippen LogP contribution in [0.5, 0.6) is 0 Å². The average molecular weight is 378 g/mol. The van der Waals surface area contributed by atoms with Crippen LogP contribution >= 0.6 is 24.8 Å². The number of halogens is 2. The van der Waals surface area contributed by atoms with Crippen molar-refractivity contribution in [3.8, 4) is 0 Å². The van der Waals surface area contributed by atoms with Crippen LogP contribution in [0.25, 0.3) is 0 Å². The van der Waals surface area contributed by atoms with Crippen LogP contribution < -0.4 is 5.73 Å². The molecular formula is C17H29Cl2N3O2. The fourth-order valence-electron chi connectivity index (χ4n) is 2.56. The lowest BCUT2D eigenvalue weighted by molar-refractivity contribution is -0.132. The number of nitrogen functional groups attached to an aromatic ring is 1. The lowest BCUT2D eigenvalue weighted by Gasteiger charge is -2.34. The van der Waals surface area contributed by atoms with Gasteiger partial charge in [-0.3, -0.25) is 9.69 Å². The number of carbonyl (C=O) groups excluding carboxylic acids is 1. The van der Waals surface area contributed by atoms with Gasteiger partial charge in [-0.05, 0) is 31.5 Å². The minimum atomic E-state index is 0.